The number of aromatic amines is 1. The van der Waals surface area contributed by atoms with E-state index in [-0.39, 0.29) is 30.2 Å². The molecule has 64 heavy (non-hydrogen) atoms. The molecule has 0 aliphatic carbocycles. The van der Waals surface area contributed by atoms with Crippen LogP contribution in [-0.4, -0.2) is 94.0 Å². The number of carbonyl (C=O) groups is 2. The molecule has 2 aromatic carbocycles. The predicted molar refractivity (Wildman–Crippen MR) is 253 cm³/mol. The topological polar surface area (TPSA) is 122 Å². The molecule has 0 bridgehead atoms. The van der Waals surface area contributed by atoms with Gasteiger partial charge in [-0.25, -0.2) is 18.7 Å². The zero-order valence-corrected chi connectivity index (χ0v) is 38.9. The van der Waals surface area contributed by atoms with E-state index in [1.165, 1.54) is 34.3 Å². The summed E-state index contributed by atoms with van der Waals surface area (Å²) in [6.45, 7) is 7.84. The highest BCUT2D eigenvalue weighted by Gasteiger charge is 2.22. The van der Waals surface area contributed by atoms with Gasteiger partial charge in [-0.2, -0.15) is 0 Å². The number of rotatable bonds is 11. The SMILES string of the molecule is CN(C)C(=O)c1cncc(-c2cnc3[nH]cc(-c4ccccc4F)c3c2Cl)c1.CN(C)C(=O)c1cncc(-c2cnc3c(c(-c4ccccc4F)cn3COCC[Si](C)(C)C)c2Cl)c1. The van der Waals surface area contributed by atoms with Gasteiger partial charge in [0.15, 0.2) is 0 Å². The van der Waals surface area contributed by atoms with Crippen LogP contribution in [0.2, 0.25) is 35.7 Å². The highest BCUT2D eigenvalue weighted by Crippen LogP contribution is 2.42. The molecule has 0 aliphatic heterocycles. The zero-order valence-electron chi connectivity index (χ0n) is 36.4. The first-order valence-corrected chi connectivity index (χ1v) is 24.7. The van der Waals surface area contributed by atoms with E-state index in [1.54, 1.807) is 108 Å². The van der Waals surface area contributed by atoms with Crippen molar-refractivity contribution in [1.82, 2.24) is 39.3 Å². The van der Waals surface area contributed by atoms with Gasteiger partial charge in [0.05, 0.1) is 21.2 Å². The van der Waals surface area contributed by atoms with Gasteiger partial charge in [-0.15, -0.1) is 0 Å². The van der Waals surface area contributed by atoms with Gasteiger partial charge >= 0.3 is 0 Å². The summed E-state index contributed by atoms with van der Waals surface area (Å²) < 4.78 is 37.0. The van der Waals surface area contributed by atoms with Crippen LogP contribution in [0.5, 0.6) is 0 Å². The Kier molecular flexibility index (Phi) is 13.7. The smallest absolute Gasteiger partial charge is 0.254 e. The molecule has 0 unspecified atom stereocenters. The number of nitrogens with zero attached hydrogens (tertiary/aromatic N) is 7. The Morgan fingerprint density at radius 2 is 1.20 bits per heavy atom. The fourth-order valence-electron chi connectivity index (χ4n) is 7.02. The van der Waals surface area contributed by atoms with Crippen LogP contribution >= 0.6 is 23.2 Å². The summed E-state index contributed by atoms with van der Waals surface area (Å²) in [5.74, 6) is -1.01. The number of benzene rings is 2. The van der Waals surface area contributed by atoms with Gasteiger partial charge in [-0.3, -0.25) is 19.6 Å². The molecular weight excluding hydrogens is 874 g/mol. The Bertz CT molecular complexity index is 3020. The van der Waals surface area contributed by atoms with E-state index in [1.807, 2.05) is 10.8 Å². The third-order valence-electron chi connectivity index (χ3n) is 10.4. The average Bonchev–Trinajstić information content (AvgIpc) is 3.88. The van der Waals surface area contributed by atoms with Gasteiger partial charge in [-0.1, -0.05) is 79.2 Å². The molecule has 0 spiro atoms. The van der Waals surface area contributed by atoms with E-state index in [9.17, 15) is 18.4 Å². The predicted octanol–water partition coefficient (Wildman–Crippen LogP) is 11.4. The van der Waals surface area contributed by atoms with E-state index in [0.29, 0.717) is 94.4 Å². The molecule has 11 nitrogen and oxygen atoms in total. The fourth-order valence-corrected chi connectivity index (χ4v) is 8.47. The number of carbonyl (C=O) groups excluding carboxylic acids is 2. The number of hydrogen-bond acceptors (Lipinski definition) is 7. The summed E-state index contributed by atoms with van der Waals surface area (Å²) in [7, 11) is 5.49. The van der Waals surface area contributed by atoms with E-state index in [0.717, 1.165) is 6.04 Å². The third kappa shape index (κ3) is 9.75. The summed E-state index contributed by atoms with van der Waals surface area (Å²) in [5.41, 5.74) is 6.71. The standard InChI is InChI=1S/C27H30ClFN4O2Si.C21H16ClFN4O/c1-32(2)27(34)19-12-18(13-30-14-19)21-15-31-26-24(25(21)28)22(20-8-6-7-9-23(20)29)16-33(26)17-35-10-11-36(3,4)5;1-27(2)21(28)13-7-12(8-24-9-13)15-10-25-20-18(19(15)22)16(11-26-20)14-5-3-4-6-17(14)23/h6-9,12-16H,10-11,17H2,1-5H3;3-11H,1-2H3,(H,25,26). The van der Waals surface area contributed by atoms with Gasteiger partial charge in [-0.05, 0) is 30.3 Å². The van der Waals surface area contributed by atoms with E-state index in [2.05, 4.69) is 39.6 Å². The molecule has 2 amide bonds. The molecule has 16 heteroatoms. The zero-order chi connectivity index (χ0) is 45.9. The van der Waals surface area contributed by atoms with Crippen LogP contribution in [-0.2, 0) is 11.5 Å². The van der Waals surface area contributed by atoms with Crippen molar-refractivity contribution in [2.24, 2.45) is 0 Å². The van der Waals surface area contributed by atoms with Crippen LogP contribution in [0.25, 0.3) is 66.6 Å². The van der Waals surface area contributed by atoms with Crippen molar-refractivity contribution in [3.63, 3.8) is 0 Å². The Morgan fingerprint density at radius 3 is 1.73 bits per heavy atom. The third-order valence-corrected chi connectivity index (χ3v) is 12.9. The van der Waals surface area contributed by atoms with Gasteiger partial charge in [0.25, 0.3) is 11.8 Å². The Balaban J connectivity index is 0.000000197. The Morgan fingerprint density at radius 1 is 0.688 bits per heavy atom. The first-order chi connectivity index (χ1) is 30.5. The summed E-state index contributed by atoms with van der Waals surface area (Å²) in [5, 5.41) is 2.07. The minimum absolute atomic E-state index is 0.159. The second-order valence-corrected chi connectivity index (χ2v) is 23.1. The number of H-pyrrole nitrogens is 1. The van der Waals surface area contributed by atoms with Gasteiger partial charge in [0.2, 0.25) is 0 Å². The van der Waals surface area contributed by atoms with Crippen molar-refractivity contribution in [2.75, 3.05) is 34.8 Å². The fraction of sp³-hybridized carbons (Fsp3) is 0.208. The van der Waals surface area contributed by atoms with Crippen LogP contribution in [0.15, 0.2) is 110 Å². The number of pyridine rings is 4. The summed E-state index contributed by atoms with van der Waals surface area (Å²) in [4.78, 5) is 48.2. The first-order valence-electron chi connectivity index (χ1n) is 20.3. The molecule has 0 atom stereocenters. The minimum atomic E-state index is -1.23. The highest BCUT2D eigenvalue weighted by molar-refractivity contribution is 6.76. The minimum Gasteiger partial charge on any atom is -0.361 e. The largest absolute Gasteiger partial charge is 0.361 e. The molecule has 6 heterocycles. The maximum Gasteiger partial charge on any atom is 0.254 e. The molecular formula is C48H46Cl2F2N8O3Si. The van der Waals surface area contributed by atoms with Crippen molar-refractivity contribution < 1.29 is 23.1 Å². The molecule has 328 valence electrons. The molecule has 0 radical (unpaired) electrons. The van der Waals surface area contributed by atoms with Crippen molar-refractivity contribution in [3.05, 3.63) is 143 Å². The number of aromatic nitrogens is 6. The van der Waals surface area contributed by atoms with Gasteiger partial charge in [0, 0.05) is 148 Å². The lowest BCUT2D eigenvalue weighted by atomic mass is 10.0. The summed E-state index contributed by atoms with van der Waals surface area (Å²) in [6.07, 6.45) is 13.1. The van der Waals surface area contributed by atoms with Crippen LogP contribution in [0.3, 0.4) is 0 Å². The van der Waals surface area contributed by atoms with E-state index < -0.39 is 8.07 Å². The second-order valence-electron chi connectivity index (χ2n) is 16.7. The molecule has 1 N–H and O–H groups in total. The van der Waals surface area contributed by atoms with Gasteiger partial charge < -0.3 is 24.1 Å². The van der Waals surface area contributed by atoms with Crippen LogP contribution < -0.4 is 0 Å². The summed E-state index contributed by atoms with van der Waals surface area (Å²) in [6, 6.07) is 17.6. The number of nitrogens with one attached hydrogen (secondary N) is 1. The maximum absolute atomic E-state index is 14.9. The Hall–Kier alpha value is -6.32. The van der Waals surface area contributed by atoms with Gasteiger partial charge in [0.1, 0.15) is 29.7 Å². The first kappa shape index (κ1) is 45.7. The number of hydrogen-bond donors (Lipinski definition) is 1. The number of amides is 2. The van der Waals surface area contributed by atoms with Crippen LogP contribution in [0.4, 0.5) is 8.78 Å². The van der Waals surface area contributed by atoms with Crippen molar-refractivity contribution in [1.29, 1.82) is 0 Å². The normalized spacial score (nSPS) is 11.4. The second kappa shape index (κ2) is 19.2. The summed E-state index contributed by atoms with van der Waals surface area (Å²) >= 11 is 13.7. The van der Waals surface area contributed by atoms with E-state index in [4.69, 9.17) is 32.9 Å². The van der Waals surface area contributed by atoms with Crippen molar-refractivity contribution >= 4 is 65.2 Å². The van der Waals surface area contributed by atoms with Crippen molar-refractivity contribution in [3.8, 4) is 44.5 Å². The van der Waals surface area contributed by atoms with Crippen LogP contribution in [0.1, 0.15) is 20.7 Å². The molecule has 8 rings (SSSR count). The van der Waals surface area contributed by atoms with Crippen molar-refractivity contribution in [2.45, 2.75) is 32.4 Å². The molecule has 8 aromatic rings. The van der Waals surface area contributed by atoms with E-state index >= 15 is 0 Å². The lowest BCUT2D eigenvalue weighted by Crippen LogP contribution is -2.22. The quantitative estimate of drug-likeness (QED) is 0.101. The number of halogens is 4. The number of fused-ring (bicyclic) bond motifs is 2. The molecule has 0 aliphatic rings. The Labute approximate surface area is 380 Å². The molecule has 0 fully saturated rings. The van der Waals surface area contributed by atoms with Crippen LogP contribution in [0, 0.1) is 11.6 Å². The highest BCUT2D eigenvalue weighted by atomic mass is 35.5. The number of ether oxygens (including phenoxy) is 1. The lowest BCUT2D eigenvalue weighted by molar-refractivity contribution is 0.0820. The monoisotopic (exact) mass is 918 g/mol. The average molecular weight is 920 g/mol. The molecule has 0 saturated heterocycles. The lowest BCUT2D eigenvalue weighted by Gasteiger charge is -2.15. The molecule has 6 aromatic heterocycles. The maximum atomic E-state index is 14.9. The molecule has 0 saturated carbocycles.